The smallest absolute Gasteiger partial charge is 0.263 e. The summed E-state index contributed by atoms with van der Waals surface area (Å²) in [7, 11) is 0. The molecule has 3 N–H and O–H groups in total. The van der Waals surface area contributed by atoms with Gasteiger partial charge in [0.05, 0.1) is 5.54 Å². The second-order valence-electron chi connectivity index (χ2n) is 4.54. The average molecular weight is 234 g/mol. The number of aromatic amines is 1. The zero-order chi connectivity index (χ0) is 12.6. The minimum absolute atomic E-state index is 0.161. The van der Waals surface area contributed by atoms with Crippen LogP contribution in [0.4, 0.5) is 0 Å². The van der Waals surface area contributed by atoms with Gasteiger partial charge in [-0.3, -0.25) is 4.79 Å². The van der Waals surface area contributed by atoms with Crippen molar-refractivity contribution in [3.8, 4) is 11.5 Å². The standard InChI is InChI=1S/C11H14N4O2/c1-6-4-8(16)7(5-13-6)9-14-10(15-17-9)11(2,3)12/h4-5H,12H2,1-3H3,(H,13,16). The predicted molar refractivity (Wildman–Crippen MR) is 62.3 cm³/mol. The monoisotopic (exact) mass is 234 g/mol. The van der Waals surface area contributed by atoms with Crippen LogP contribution in [0.3, 0.4) is 0 Å². The van der Waals surface area contributed by atoms with Gasteiger partial charge in [0.2, 0.25) is 0 Å². The molecule has 0 amide bonds. The van der Waals surface area contributed by atoms with E-state index in [0.29, 0.717) is 11.4 Å². The van der Waals surface area contributed by atoms with E-state index < -0.39 is 5.54 Å². The van der Waals surface area contributed by atoms with Crippen LogP contribution in [-0.4, -0.2) is 15.1 Å². The van der Waals surface area contributed by atoms with Crippen LogP contribution in [0.1, 0.15) is 25.4 Å². The summed E-state index contributed by atoms with van der Waals surface area (Å²) < 4.78 is 5.04. The minimum atomic E-state index is -0.695. The fourth-order valence-electron chi connectivity index (χ4n) is 1.33. The van der Waals surface area contributed by atoms with Gasteiger partial charge in [0.15, 0.2) is 11.3 Å². The van der Waals surface area contributed by atoms with E-state index in [0.717, 1.165) is 5.69 Å². The topological polar surface area (TPSA) is 97.8 Å². The van der Waals surface area contributed by atoms with Crippen LogP contribution in [-0.2, 0) is 5.54 Å². The Morgan fingerprint density at radius 2 is 2.18 bits per heavy atom. The van der Waals surface area contributed by atoms with Crippen LogP contribution in [0, 0.1) is 6.92 Å². The van der Waals surface area contributed by atoms with Crippen molar-refractivity contribution in [3.63, 3.8) is 0 Å². The minimum Gasteiger partial charge on any atom is -0.364 e. The van der Waals surface area contributed by atoms with Crippen molar-refractivity contribution in [2.45, 2.75) is 26.3 Å². The summed E-state index contributed by atoms with van der Waals surface area (Å²) >= 11 is 0. The molecule has 2 heterocycles. The molecule has 0 unspecified atom stereocenters. The molecule has 2 aromatic rings. The number of aryl methyl sites for hydroxylation is 1. The first-order valence-corrected chi connectivity index (χ1v) is 5.21. The zero-order valence-electron chi connectivity index (χ0n) is 9.94. The van der Waals surface area contributed by atoms with Gasteiger partial charge in [0.1, 0.15) is 5.56 Å². The maximum absolute atomic E-state index is 11.7. The summed E-state index contributed by atoms with van der Waals surface area (Å²) in [5.74, 6) is 0.548. The Hall–Kier alpha value is -1.95. The fourth-order valence-corrected chi connectivity index (χ4v) is 1.33. The SMILES string of the molecule is Cc1cc(=O)c(-c2nc(C(C)(C)N)no2)c[nH]1. The first kappa shape index (κ1) is 11.5. The molecule has 6 nitrogen and oxygen atoms in total. The number of pyridine rings is 1. The number of hydrogen-bond donors (Lipinski definition) is 2. The summed E-state index contributed by atoms with van der Waals surface area (Å²) in [6.07, 6.45) is 1.55. The van der Waals surface area contributed by atoms with Gasteiger partial charge < -0.3 is 15.2 Å². The molecule has 90 valence electrons. The van der Waals surface area contributed by atoms with E-state index >= 15 is 0 Å². The largest absolute Gasteiger partial charge is 0.364 e. The molecule has 0 atom stereocenters. The molecule has 0 saturated carbocycles. The highest BCUT2D eigenvalue weighted by Gasteiger charge is 2.22. The molecule has 2 aromatic heterocycles. The zero-order valence-corrected chi connectivity index (χ0v) is 9.94. The number of H-pyrrole nitrogens is 1. The van der Waals surface area contributed by atoms with Crippen LogP contribution < -0.4 is 11.2 Å². The highest BCUT2D eigenvalue weighted by atomic mass is 16.5. The summed E-state index contributed by atoms with van der Waals surface area (Å²) in [5.41, 5.74) is 6.10. The van der Waals surface area contributed by atoms with Crippen molar-refractivity contribution in [2.75, 3.05) is 0 Å². The van der Waals surface area contributed by atoms with Gasteiger partial charge in [-0.15, -0.1) is 0 Å². The van der Waals surface area contributed by atoms with E-state index in [2.05, 4.69) is 15.1 Å². The lowest BCUT2D eigenvalue weighted by Gasteiger charge is -2.11. The predicted octanol–water partition coefficient (Wildman–Crippen LogP) is 0.927. The van der Waals surface area contributed by atoms with E-state index in [1.807, 2.05) is 0 Å². The molecule has 0 bridgehead atoms. The molecule has 0 aromatic carbocycles. The number of rotatable bonds is 2. The molecular weight excluding hydrogens is 220 g/mol. The Labute approximate surface area is 97.9 Å². The summed E-state index contributed by atoms with van der Waals surface area (Å²) in [6, 6.07) is 1.48. The number of hydrogen-bond acceptors (Lipinski definition) is 5. The Morgan fingerprint density at radius 3 is 2.71 bits per heavy atom. The Bertz CT molecular complexity index is 592. The van der Waals surface area contributed by atoms with Crippen molar-refractivity contribution in [1.82, 2.24) is 15.1 Å². The highest BCUT2D eigenvalue weighted by Crippen LogP contribution is 2.17. The van der Waals surface area contributed by atoms with E-state index in [1.165, 1.54) is 6.07 Å². The van der Waals surface area contributed by atoms with Crippen LogP contribution in [0.15, 0.2) is 21.6 Å². The molecule has 17 heavy (non-hydrogen) atoms. The van der Waals surface area contributed by atoms with E-state index in [9.17, 15) is 4.79 Å². The normalized spacial score (nSPS) is 11.8. The van der Waals surface area contributed by atoms with Gasteiger partial charge in [-0.2, -0.15) is 4.98 Å². The van der Waals surface area contributed by atoms with Gasteiger partial charge in [0, 0.05) is 18.0 Å². The molecule has 0 fully saturated rings. The van der Waals surface area contributed by atoms with Crippen LogP contribution in [0.25, 0.3) is 11.5 Å². The van der Waals surface area contributed by atoms with Gasteiger partial charge in [-0.05, 0) is 20.8 Å². The lowest BCUT2D eigenvalue weighted by Crippen LogP contribution is -2.30. The number of nitrogens with zero attached hydrogens (tertiary/aromatic N) is 2. The van der Waals surface area contributed by atoms with E-state index in [-0.39, 0.29) is 11.3 Å². The van der Waals surface area contributed by atoms with Crippen molar-refractivity contribution in [2.24, 2.45) is 5.73 Å². The quantitative estimate of drug-likeness (QED) is 0.805. The molecule has 2 rings (SSSR count). The molecule has 0 aliphatic carbocycles. The third-order valence-electron chi connectivity index (χ3n) is 2.29. The lowest BCUT2D eigenvalue weighted by molar-refractivity contribution is 0.397. The molecule has 0 aliphatic heterocycles. The van der Waals surface area contributed by atoms with Crippen molar-refractivity contribution < 1.29 is 4.52 Å². The number of aromatic nitrogens is 3. The Kier molecular flexibility index (Phi) is 2.59. The number of nitrogens with one attached hydrogen (secondary N) is 1. The first-order valence-electron chi connectivity index (χ1n) is 5.21. The molecule has 0 spiro atoms. The first-order chi connectivity index (χ1) is 7.88. The fraction of sp³-hybridized carbons (Fsp3) is 0.364. The highest BCUT2D eigenvalue weighted by molar-refractivity contribution is 5.51. The Balaban J connectivity index is 2.48. The second-order valence-corrected chi connectivity index (χ2v) is 4.54. The Morgan fingerprint density at radius 1 is 1.47 bits per heavy atom. The maximum Gasteiger partial charge on any atom is 0.263 e. The van der Waals surface area contributed by atoms with E-state index in [4.69, 9.17) is 10.3 Å². The van der Waals surface area contributed by atoms with Crippen LogP contribution in [0.2, 0.25) is 0 Å². The van der Waals surface area contributed by atoms with Crippen LogP contribution in [0.5, 0.6) is 0 Å². The summed E-state index contributed by atoms with van der Waals surface area (Å²) in [5, 5.41) is 3.76. The van der Waals surface area contributed by atoms with Crippen LogP contribution >= 0.6 is 0 Å². The summed E-state index contributed by atoms with van der Waals surface area (Å²) in [6.45, 7) is 5.33. The van der Waals surface area contributed by atoms with Crippen molar-refractivity contribution in [1.29, 1.82) is 0 Å². The molecule has 0 aliphatic rings. The van der Waals surface area contributed by atoms with Gasteiger partial charge >= 0.3 is 0 Å². The van der Waals surface area contributed by atoms with Gasteiger partial charge in [0.25, 0.3) is 5.89 Å². The van der Waals surface area contributed by atoms with Crippen molar-refractivity contribution in [3.05, 3.63) is 34.0 Å². The lowest BCUT2D eigenvalue weighted by atomic mass is 10.1. The number of nitrogens with two attached hydrogens (primary N) is 1. The second kappa shape index (κ2) is 3.81. The van der Waals surface area contributed by atoms with Crippen molar-refractivity contribution >= 4 is 0 Å². The summed E-state index contributed by atoms with van der Waals surface area (Å²) in [4.78, 5) is 18.8. The molecule has 0 radical (unpaired) electrons. The van der Waals surface area contributed by atoms with Gasteiger partial charge in [-0.1, -0.05) is 5.16 Å². The molecule has 6 heteroatoms. The van der Waals surface area contributed by atoms with Gasteiger partial charge in [-0.25, -0.2) is 0 Å². The third kappa shape index (κ3) is 2.26. The molecule has 0 saturated heterocycles. The third-order valence-corrected chi connectivity index (χ3v) is 2.29. The molecular formula is C11H14N4O2. The van der Waals surface area contributed by atoms with E-state index in [1.54, 1.807) is 27.0 Å². The average Bonchev–Trinajstić information content (AvgIpc) is 2.65. The maximum atomic E-state index is 11.7.